The van der Waals surface area contributed by atoms with Crippen LogP contribution in [0.4, 0.5) is 10.5 Å². The van der Waals surface area contributed by atoms with Gasteiger partial charge in [0.2, 0.25) is 0 Å². The van der Waals surface area contributed by atoms with Crippen LogP contribution in [0.2, 0.25) is 0 Å². The van der Waals surface area contributed by atoms with E-state index in [0.717, 1.165) is 12.8 Å². The SMILES string of the molecule is N#Cc1cccc(NC(=O)N2CCC[C@@H]2CO)c1. The zero-order valence-electron chi connectivity index (χ0n) is 9.97. The van der Waals surface area contributed by atoms with Crippen LogP contribution in [0.5, 0.6) is 0 Å². The van der Waals surface area contributed by atoms with E-state index in [0.29, 0.717) is 17.8 Å². The van der Waals surface area contributed by atoms with E-state index >= 15 is 0 Å². The highest BCUT2D eigenvalue weighted by atomic mass is 16.3. The number of amides is 2. The Balaban J connectivity index is 2.04. The van der Waals surface area contributed by atoms with E-state index in [4.69, 9.17) is 10.4 Å². The fraction of sp³-hybridized carbons (Fsp3) is 0.385. The Labute approximate surface area is 106 Å². The zero-order chi connectivity index (χ0) is 13.0. The molecule has 94 valence electrons. The summed E-state index contributed by atoms with van der Waals surface area (Å²) < 4.78 is 0. The van der Waals surface area contributed by atoms with Crippen LogP contribution in [0.1, 0.15) is 18.4 Å². The lowest BCUT2D eigenvalue weighted by atomic mass is 10.2. The van der Waals surface area contributed by atoms with Crippen molar-refractivity contribution >= 4 is 11.7 Å². The van der Waals surface area contributed by atoms with Crippen molar-refractivity contribution in [1.29, 1.82) is 5.26 Å². The molecule has 0 aromatic heterocycles. The molecule has 2 rings (SSSR count). The lowest BCUT2D eigenvalue weighted by Gasteiger charge is -2.23. The maximum atomic E-state index is 12.0. The predicted molar refractivity (Wildman–Crippen MR) is 67.0 cm³/mol. The molecule has 0 spiro atoms. The quantitative estimate of drug-likeness (QED) is 0.829. The molecule has 0 radical (unpaired) electrons. The van der Waals surface area contributed by atoms with Crippen molar-refractivity contribution in [2.45, 2.75) is 18.9 Å². The molecule has 1 aromatic carbocycles. The number of likely N-dealkylation sites (tertiary alicyclic amines) is 1. The summed E-state index contributed by atoms with van der Waals surface area (Å²) >= 11 is 0. The number of aliphatic hydroxyl groups is 1. The fourth-order valence-electron chi connectivity index (χ4n) is 2.15. The number of carbonyl (C=O) groups excluding carboxylic acids is 1. The minimum Gasteiger partial charge on any atom is -0.394 e. The van der Waals surface area contributed by atoms with E-state index in [1.165, 1.54) is 0 Å². The van der Waals surface area contributed by atoms with Gasteiger partial charge in [0.1, 0.15) is 0 Å². The highest BCUT2D eigenvalue weighted by molar-refractivity contribution is 5.89. The summed E-state index contributed by atoms with van der Waals surface area (Å²) in [4.78, 5) is 13.6. The number of carbonyl (C=O) groups is 1. The average molecular weight is 245 g/mol. The van der Waals surface area contributed by atoms with E-state index < -0.39 is 0 Å². The summed E-state index contributed by atoms with van der Waals surface area (Å²) in [7, 11) is 0. The lowest BCUT2D eigenvalue weighted by molar-refractivity contribution is 0.166. The van der Waals surface area contributed by atoms with Crippen molar-refractivity contribution < 1.29 is 9.90 Å². The standard InChI is InChI=1S/C13H15N3O2/c14-8-10-3-1-4-11(7-10)15-13(18)16-6-2-5-12(16)9-17/h1,3-4,7,12,17H,2,5-6,9H2,(H,15,18)/t12-/m1/s1. The largest absolute Gasteiger partial charge is 0.394 e. The summed E-state index contributed by atoms with van der Waals surface area (Å²) in [5.41, 5.74) is 1.11. The first-order valence-corrected chi connectivity index (χ1v) is 5.93. The van der Waals surface area contributed by atoms with Crippen molar-refractivity contribution in [2.75, 3.05) is 18.5 Å². The van der Waals surface area contributed by atoms with Crippen molar-refractivity contribution in [3.05, 3.63) is 29.8 Å². The number of rotatable bonds is 2. The van der Waals surface area contributed by atoms with Gasteiger partial charge in [-0.3, -0.25) is 0 Å². The first-order valence-electron chi connectivity index (χ1n) is 5.93. The van der Waals surface area contributed by atoms with Gasteiger partial charge >= 0.3 is 6.03 Å². The molecule has 1 aromatic rings. The number of urea groups is 1. The molecule has 1 heterocycles. The first kappa shape index (κ1) is 12.4. The molecule has 1 atom stereocenters. The van der Waals surface area contributed by atoms with E-state index in [-0.39, 0.29) is 18.7 Å². The minimum atomic E-state index is -0.221. The maximum Gasteiger partial charge on any atom is 0.322 e. The Hall–Kier alpha value is -2.06. The van der Waals surface area contributed by atoms with Crippen molar-refractivity contribution in [3.63, 3.8) is 0 Å². The van der Waals surface area contributed by atoms with Crippen LogP contribution in [0.3, 0.4) is 0 Å². The Kier molecular flexibility index (Phi) is 3.80. The maximum absolute atomic E-state index is 12.0. The predicted octanol–water partition coefficient (Wildman–Crippen LogP) is 1.55. The van der Waals surface area contributed by atoms with E-state index in [9.17, 15) is 4.79 Å². The molecule has 1 aliphatic rings. The summed E-state index contributed by atoms with van der Waals surface area (Å²) in [6.45, 7) is 0.653. The molecule has 1 saturated heterocycles. The van der Waals surface area contributed by atoms with Gasteiger partial charge < -0.3 is 15.3 Å². The molecule has 2 N–H and O–H groups in total. The molecule has 18 heavy (non-hydrogen) atoms. The zero-order valence-corrected chi connectivity index (χ0v) is 9.97. The van der Waals surface area contributed by atoms with Crippen LogP contribution in [0.15, 0.2) is 24.3 Å². The Morgan fingerprint density at radius 3 is 3.17 bits per heavy atom. The lowest BCUT2D eigenvalue weighted by Crippen LogP contribution is -2.40. The first-order chi connectivity index (χ1) is 8.74. The summed E-state index contributed by atoms with van der Waals surface area (Å²) in [5, 5.41) is 20.7. The summed E-state index contributed by atoms with van der Waals surface area (Å²) in [6.07, 6.45) is 1.75. The Morgan fingerprint density at radius 1 is 1.61 bits per heavy atom. The van der Waals surface area contributed by atoms with Gasteiger partial charge in [0.25, 0.3) is 0 Å². The molecule has 5 heteroatoms. The number of hydrogen-bond acceptors (Lipinski definition) is 3. The molecule has 1 fully saturated rings. The third-order valence-electron chi connectivity index (χ3n) is 3.09. The van der Waals surface area contributed by atoms with Gasteiger partial charge in [0.05, 0.1) is 24.3 Å². The number of anilines is 1. The van der Waals surface area contributed by atoms with Gasteiger partial charge in [-0.05, 0) is 31.0 Å². The molecule has 0 unspecified atom stereocenters. The smallest absolute Gasteiger partial charge is 0.322 e. The van der Waals surface area contributed by atoms with Crippen LogP contribution in [0, 0.1) is 11.3 Å². The molecule has 0 saturated carbocycles. The fourth-order valence-corrected chi connectivity index (χ4v) is 2.15. The number of hydrogen-bond donors (Lipinski definition) is 2. The van der Waals surface area contributed by atoms with Crippen molar-refractivity contribution in [3.8, 4) is 6.07 Å². The second-order valence-corrected chi connectivity index (χ2v) is 4.29. The minimum absolute atomic E-state index is 0.00828. The van der Waals surface area contributed by atoms with E-state index in [1.807, 2.05) is 6.07 Å². The van der Waals surface area contributed by atoms with Crippen LogP contribution >= 0.6 is 0 Å². The van der Waals surface area contributed by atoms with Gasteiger partial charge in [-0.2, -0.15) is 5.26 Å². The third-order valence-corrected chi connectivity index (χ3v) is 3.09. The second-order valence-electron chi connectivity index (χ2n) is 4.29. The molecular weight excluding hydrogens is 230 g/mol. The third kappa shape index (κ3) is 2.60. The molecular formula is C13H15N3O2. The van der Waals surface area contributed by atoms with Gasteiger partial charge in [-0.15, -0.1) is 0 Å². The van der Waals surface area contributed by atoms with Crippen LogP contribution in [-0.2, 0) is 0 Å². The van der Waals surface area contributed by atoms with Gasteiger partial charge in [0, 0.05) is 12.2 Å². The Morgan fingerprint density at radius 2 is 2.44 bits per heavy atom. The topological polar surface area (TPSA) is 76.4 Å². The molecule has 5 nitrogen and oxygen atoms in total. The number of benzene rings is 1. The van der Waals surface area contributed by atoms with Crippen LogP contribution in [0.25, 0.3) is 0 Å². The van der Waals surface area contributed by atoms with Crippen LogP contribution < -0.4 is 5.32 Å². The van der Waals surface area contributed by atoms with Crippen molar-refractivity contribution in [2.24, 2.45) is 0 Å². The number of nitriles is 1. The molecule has 1 aliphatic heterocycles. The van der Waals surface area contributed by atoms with Crippen LogP contribution in [-0.4, -0.2) is 35.2 Å². The molecule has 0 aliphatic carbocycles. The number of nitrogens with zero attached hydrogens (tertiary/aromatic N) is 2. The number of nitrogens with one attached hydrogen (secondary N) is 1. The second kappa shape index (κ2) is 5.52. The van der Waals surface area contributed by atoms with Gasteiger partial charge in [-0.1, -0.05) is 6.07 Å². The van der Waals surface area contributed by atoms with Crippen molar-refractivity contribution in [1.82, 2.24) is 4.90 Å². The highest BCUT2D eigenvalue weighted by Gasteiger charge is 2.27. The van der Waals surface area contributed by atoms with E-state index in [1.54, 1.807) is 29.2 Å². The van der Waals surface area contributed by atoms with E-state index in [2.05, 4.69) is 5.32 Å². The van der Waals surface area contributed by atoms with Gasteiger partial charge in [0.15, 0.2) is 0 Å². The molecule has 2 amide bonds. The monoisotopic (exact) mass is 245 g/mol. The average Bonchev–Trinajstić information content (AvgIpc) is 2.87. The highest BCUT2D eigenvalue weighted by Crippen LogP contribution is 2.18. The summed E-state index contributed by atoms with van der Waals surface area (Å²) in [5.74, 6) is 0. The van der Waals surface area contributed by atoms with Gasteiger partial charge in [-0.25, -0.2) is 4.79 Å². The Bertz CT molecular complexity index is 481. The summed E-state index contributed by atoms with van der Waals surface area (Å²) in [6, 6.07) is 8.48. The number of aliphatic hydroxyl groups excluding tert-OH is 1. The normalized spacial score (nSPS) is 18.4. The molecule has 0 bridgehead atoms.